The molecule has 1 fully saturated rings. The molecule has 0 bridgehead atoms. The number of primary amides is 1. The summed E-state index contributed by atoms with van der Waals surface area (Å²) in [6.07, 6.45) is 1.34. The third-order valence-electron chi connectivity index (χ3n) is 4.38. The molecule has 1 amide bonds. The molecule has 3 N–H and O–H groups in total. The molecule has 10 heteroatoms. The van der Waals surface area contributed by atoms with Gasteiger partial charge in [0.1, 0.15) is 16.5 Å². The van der Waals surface area contributed by atoms with Gasteiger partial charge in [0.15, 0.2) is 0 Å². The first-order chi connectivity index (χ1) is 12.7. The zero-order chi connectivity index (χ0) is 19.8. The smallest absolute Gasteiger partial charge is 0.250 e. The second-order valence-electron chi connectivity index (χ2n) is 6.26. The van der Waals surface area contributed by atoms with Crippen molar-refractivity contribution in [2.75, 3.05) is 31.1 Å². The standard InChI is InChI=1S/C17H19ClN4O4S/c1-11-2-3-14(23)15(8-11)27(25,26)22-6-4-21(5-7-22)17-13(18)9-12(10-20-17)16(19)24/h2-3,8-10,23H,4-7H2,1H3,(H2,19,24). The Balaban J connectivity index is 1.77. The molecule has 1 aromatic carbocycles. The van der Waals surface area contributed by atoms with E-state index in [1.807, 2.05) is 4.90 Å². The van der Waals surface area contributed by atoms with Crippen LogP contribution in [0.1, 0.15) is 15.9 Å². The maximum Gasteiger partial charge on any atom is 0.250 e. The molecule has 3 rings (SSSR count). The van der Waals surface area contributed by atoms with Gasteiger partial charge >= 0.3 is 0 Å². The molecule has 0 radical (unpaired) electrons. The van der Waals surface area contributed by atoms with Crippen molar-refractivity contribution in [3.63, 3.8) is 0 Å². The number of rotatable bonds is 4. The second-order valence-corrected chi connectivity index (χ2v) is 8.57. The van der Waals surface area contributed by atoms with Crippen LogP contribution in [0, 0.1) is 6.92 Å². The van der Waals surface area contributed by atoms with Crippen molar-refractivity contribution in [3.8, 4) is 5.75 Å². The van der Waals surface area contributed by atoms with Crippen molar-refractivity contribution in [1.29, 1.82) is 0 Å². The number of carbonyl (C=O) groups excluding carboxylic acids is 1. The van der Waals surface area contributed by atoms with Crippen molar-refractivity contribution in [2.24, 2.45) is 5.73 Å². The van der Waals surface area contributed by atoms with E-state index in [2.05, 4.69) is 4.98 Å². The van der Waals surface area contributed by atoms with E-state index in [9.17, 15) is 18.3 Å². The maximum atomic E-state index is 12.8. The molecule has 2 heterocycles. The van der Waals surface area contributed by atoms with E-state index in [-0.39, 0.29) is 34.3 Å². The number of hydrogen-bond acceptors (Lipinski definition) is 6. The van der Waals surface area contributed by atoms with Gasteiger partial charge in [0.2, 0.25) is 15.9 Å². The Bertz CT molecular complexity index is 988. The van der Waals surface area contributed by atoms with Crippen molar-refractivity contribution in [2.45, 2.75) is 11.8 Å². The number of sulfonamides is 1. The molecule has 2 aromatic rings. The number of phenols is 1. The summed E-state index contributed by atoms with van der Waals surface area (Å²) in [7, 11) is -3.81. The molecule has 1 aromatic heterocycles. The molecule has 0 spiro atoms. The van der Waals surface area contributed by atoms with Gasteiger partial charge in [0.25, 0.3) is 0 Å². The molecule has 8 nitrogen and oxygen atoms in total. The molecular weight excluding hydrogens is 392 g/mol. The van der Waals surface area contributed by atoms with Crippen molar-refractivity contribution in [1.82, 2.24) is 9.29 Å². The SMILES string of the molecule is Cc1ccc(O)c(S(=O)(=O)N2CCN(c3ncc(C(N)=O)cc3Cl)CC2)c1. The Labute approximate surface area is 162 Å². The van der Waals surface area contributed by atoms with Gasteiger partial charge in [0.05, 0.1) is 10.6 Å². The lowest BCUT2D eigenvalue weighted by Gasteiger charge is -2.35. The van der Waals surface area contributed by atoms with Gasteiger partial charge in [0, 0.05) is 32.4 Å². The molecule has 1 saturated heterocycles. The lowest BCUT2D eigenvalue weighted by molar-refractivity contribution is 0.1000. The Kier molecular flexibility index (Phi) is 5.27. The molecule has 0 atom stereocenters. The van der Waals surface area contributed by atoms with E-state index >= 15 is 0 Å². The number of nitrogens with two attached hydrogens (primary N) is 1. The lowest BCUT2D eigenvalue weighted by Crippen LogP contribution is -2.49. The van der Waals surface area contributed by atoms with Crippen LogP contribution in [0.15, 0.2) is 35.4 Å². The minimum Gasteiger partial charge on any atom is -0.507 e. The monoisotopic (exact) mass is 410 g/mol. The number of benzene rings is 1. The number of pyridine rings is 1. The summed E-state index contributed by atoms with van der Waals surface area (Å²) in [6.45, 7) is 2.93. The molecular formula is C17H19ClN4O4S. The number of halogens is 1. The van der Waals surface area contributed by atoms with E-state index < -0.39 is 15.9 Å². The van der Waals surface area contributed by atoms with E-state index in [0.29, 0.717) is 18.9 Å². The van der Waals surface area contributed by atoms with Gasteiger partial charge < -0.3 is 15.7 Å². The third-order valence-corrected chi connectivity index (χ3v) is 6.58. The highest BCUT2D eigenvalue weighted by Gasteiger charge is 2.31. The second kappa shape index (κ2) is 7.34. The number of piperazine rings is 1. The minimum absolute atomic E-state index is 0.0991. The Morgan fingerprint density at radius 1 is 1.22 bits per heavy atom. The van der Waals surface area contributed by atoms with Gasteiger partial charge in [-0.3, -0.25) is 4.79 Å². The Morgan fingerprint density at radius 2 is 1.89 bits per heavy atom. The third kappa shape index (κ3) is 3.85. The summed E-state index contributed by atoms with van der Waals surface area (Å²) < 4.78 is 27.0. The fraction of sp³-hybridized carbons (Fsp3) is 0.294. The van der Waals surface area contributed by atoms with Gasteiger partial charge in [-0.25, -0.2) is 13.4 Å². The van der Waals surface area contributed by atoms with Crippen LogP contribution in [0.2, 0.25) is 5.02 Å². The summed E-state index contributed by atoms with van der Waals surface area (Å²) in [5.41, 5.74) is 6.16. The van der Waals surface area contributed by atoms with Crippen LogP contribution in [0.5, 0.6) is 5.75 Å². The predicted octanol–water partition coefficient (Wildman–Crippen LogP) is 1.36. The normalized spacial score (nSPS) is 15.7. The minimum atomic E-state index is -3.81. The van der Waals surface area contributed by atoms with Crippen LogP contribution in [0.3, 0.4) is 0 Å². The highest BCUT2D eigenvalue weighted by Crippen LogP contribution is 2.29. The summed E-state index contributed by atoms with van der Waals surface area (Å²) in [6, 6.07) is 5.93. The van der Waals surface area contributed by atoms with Crippen LogP contribution >= 0.6 is 11.6 Å². The zero-order valence-corrected chi connectivity index (χ0v) is 16.2. The topological polar surface area (TPSA) is 117 Å². The fourth-order valence-electron chi connectivity index (χ4n) is 2.91. The van der Waals surface area contributed by atoms with E-state index in [1.54, 1.807) is 13.0 Å². The number of nitrogens with zero attached hydrogens (tertiary/aromatic N) is 3. The predicted molar refractivity (Wildman–Crippen MR) is 102 cm³/mol. The van der Waals surface area contributed by atoms with Crippen molar-refractivity contribution in [3.05, 3.63) is 46.6 Å². The number of aryl methyl sites for hydroxylation is 1. The summed E-state index contributed by atoms with van der Waals surface area (Å²) in [5, 5.41) is 10.2. The van der Waals surface area contributed by atoms with Crippen molar-refractivity contribution >= 4 is 33.3 Å². The molecule has 0 saturated carbocycles. The van der Waals surface area contributed by atoms with E-state index in [1.165, 1.54) is 28.7 Å². The molecule has 1 aliphatic heterocycles. The van der Waals surface area contributed by atoms with Gasteiger partial charge in [-0.15, -0.1) is 0 Å². The molecule has 0 unspecified atom stereocenters. The highest BCUT2D eigenvalue weighted by molar-refractivity contribution is 7.89. The van der Waals surface area contributed by atoms with Crippen LogP contribution in [0.25, 0.3) is 0 Å². The summed E-state index contributed by atoms with van der Waals surface area (Å²) in [5.74, 6) is -0.420. The first-order valence-electron chi connectivity index (χ1n) is 8.20. The molecule has 0 aliphatic carbocycles. The summed E-state index contributed by atoms with van der Waals surface area (Å²) >= 11 is 6.19. The van der Waals surface area contributed by atoms with Crippen LogP contribution < -0.4 is 10.6 Å². The van der Waals surface area contributed by atoms with Crippen LogP contribution in [0.4, 0.5) is 5.82 Å². The Morgan fingerprint density at radius 3 is 2.48 bits per heavy atom. The molecule has 27 heavy (non-hydrogen) atoms. The van der Waals surface area contributed by atoms with E-state index in [4.69, 9.17) is 17.3 Å². The number of aromatic nitrogens is 1. The van der Waals surface area contributed by atoms with Crippen LogP contribution in [-0.4, -0.2) is 54.9 Å². The van der Waals surface area contributed by atoms with Gasteiger partial charge in [-0.2, -0.15) is 4.31 Å². The molecule has 1 aliphatic rings. The average Bonchev–Trinajstić information content (AvgIpc) is 2.63. The zero-order valence-electron chi connectivity index (χ0n) is 14.6. The lowest BCUT2D eigenvalue weighted by atomic mass is 10.2. The number of hydrogen-bond donors (Lipinski definition) is 2. The van der Waals surface area contributed by atoms with Crippen molar-refractivity contribution < 1.29 is 18.3 Å². The summed E-state index contributed by atoms with van der Waals surface area (Å²) in [4.78, 5) is 17.1. The number of carbonyl (C=O) groups is 1. The number of anilines is 1. The van der Waals surface area contributed by atoms with Crippen LogP contribution in [-0.2, 0) is 10.0 Å². The fourth-order valence-corrected chi connectivity index (χ4v) is 4.78. The van der Waals surface area contributed by atoms with Gasteiger partial charge in [-0.1, -0.05) is 17.7 Å². The number of amides is 1. The highest BCUT2D eigenvalue weighted by atomic mass is 35.5. The first-order valence-corrected chi connectivity index (χ1v) is 10.0. The van der Waals surface area contributed by atoms with E-state index in [0.717, 1.165) is 5.56 Å². The first kappa shape index (κ1) is 19.4. The van der Waals surface area contributed by atoms with Gasteiger partial charge in [-0.05, 0) is 30.7 Å². The maximum absolute atomic E-state index is 12.8. The number of phenolic OH excluding ortho intramolecular Hbond substituents is 1. The Hall–Kier alpha value is -2.36. The average molecular weight is 411 g/mol. The largest absolute Gasteiger partial charge is 0.507 e. The molecule has 144 valence electrons. The number of aromatic hydroxyl groups is 1. The quantitative estimate of drug-likeness (QED) is 0.785.